The molecule has 0 saturated heterocycles. The topological polar surface area (TPSA) is 89.2 Å². The van der Waals surface area contributed by atoms with E-state index < -0.39 is 0 Å². The van der Waals surface area contributed by atoms with Crippen molar-refractivity contribution in [1.29, 1.82) is 0 Å². The molecule has 3 heterocycles. The zero-order valence-corrected chi connectivity index (χ0v) is 15.0. The first-order valence-electron chi connectivity index (χ1n) is 7.98. The molecule has 0 fully saturated rings. The van der Waals surface area contributed by atoms with Gasteiger partial charge in [-0.2, -0.15) is 5.10 Å². The molecule has 7 nitrogen and oxygen atoms in total. The fourth-order valence-corrected chi connectivity index (χ4v) is 4.02. The molecule has 0 aromatic carbocycles. The molecular weight excluding hydrogens is 338 g/mol. The van der Waals surface area contributed by atoms with Gasteiger partial charge in [0.25, 0.3) is 5.91 Å². The van der Waals surface area contributed by atoms with E-state index in [1.165, 1.54) is 11.3 Å². The van der Waals surface area contributed by atoms with E-state index in [9.17, 15) is 9.59 Å². The molecule has 0 unspecified atom stereocenters. The van der Waals surface area contributed by atoms with Gasteiger partial charge in [0.05, 0.1) is 28.0 Å². The van der Waals surface area contributed by atoms with Gasteiger partial charge in [-0.25, -0.2) is 14.5 Å². The van der Waals surface area contributed by atoms with Crippen molar-refractivity contribution in [2.45, 2.75) is 33.6 Å². The number of ketones is 1. The van der Waals surface area contributed by atoms with Gasteiger partial charge in [-0.15, -0.1) is 0 Å². The number of anilines is 1. The highest BCUT2D eigenvalue weighted by atomic mass is 32.1. The minimum atomic E-state index is -0.305. The van der Waals surface area contributed by atoms with Crippen LogP contribution in [0.3, 0.4) is 0 Å². The van der Waals surface area contributed by atoms with Crippen molar-refractivity contribution in [3.63, 3.8) is 0 Å². The second-order valence-corrected chi connectivity index (χ2v) is 8.06. The highest BCUT2D eigenvalue weighted by Gasteiger charge is 2.34. The number of aromatic nitrogens is 4. The molecule has 1 aliphatic carbocycles. The molecule has 0 aliphatic heterocycles. The summed E-state index contributed by atoms with van der Waals surface area (Å²) in [5.74, 6) is -0.208. The average molecular weight is 355 g/mol. The van der Waals surface area contributed by atoms with Crippen LogP contribution in [0.25, 0.3) is 5.65 Å². The van der Waals surface area contributed by atoms with Gasteiger partial charge >= 0.3 is 0 Å². The van der Waals surface area contributed by atoms with Crippen LogP contribution in [0, 0.1) is 12.3 Å². The van der Waals surface area contributed by atoms with Crippen molar-refractivity contribution in [1.82, 2.24) is 19.6 Å². The quantitative estimate of drug-likeness (QED) is 0.763. The second kappa shape index (κ2) is 5.45. The lowest BCUT2D eigenvalue weighted by Crippen LogP contribution is -2.26. The predicted octanol–water partition coefficient (Wildman–Crippen LogP) is 2.90. The van der Waals surface area contributed by atoms with E-state index in [4.69, 9.17) is 0 Å². The molecule has 0 atom stereocenters. The summed E-state index contributed by atoms with van der Waals surface area (Å²) in [5, 5.41) is 7.35. The van der Waals surface area contributed by atoms with Crippen LogP contribution in [0.15, 0.2) is 18.5 Å². The molecule has 0 bridgehead atoms. The lowest BCUT2D eigenvalue weighted by Gasteiger charge is -2.26. The smallest absolute Gasteiger partial charge is 0.260 e. The Bertz CT molecular complexity index is 1020. The molecule has 0 saturated carbocycles. The summed E-state index contributed by atoms with van der Waals surface area (Å²) in [6.07, 6.45) is 4.52. The third-order valence-electron chi connectivity index (χ3n) is 4.27. The summed E-state index contributed by atoms with van der Waals surface area (Å²) in [7, 11) is 0. The predicted molar refractivity (Wildman–Crippen MR) is 94.2 cm³/mol. The van der Waals surface area contributed by atoms with Crippen molar-refractivity contribution < 1.29 is 9.59 Å². The minimum Gasteiger partial charge on any atom is -0.298 e. The maximum absolute atomic E-state index is 12.6. The second-order valence-electron chi connectivity index (χ2n) is 7.06. The van der Waals surface area contributed by atoms with Gasteiger partial charge in [-0.1, -0.05) is 25.2 Å². The van der Waals surface area contributed by atoms with Gasteiger partial charge in [0.1, 0.15) is 0 Å². The van der Waals surface area contributed by atoms with Gasteiger partial charge in [0.2, 0.25) is 0 Å². The van der Waals surface area contributed by atoms with Crippen LogP contribution in [0.1, 0.15) is 51.7 Å². The molecule has 128 valence electrons. The first kappa shape index (κ1) is 15.9. The Hall–Kier alpha value is -2.61. The molecule has 3 aromatic rings. The fourth-order valence-electron chi connectivity index (χ4n) is 3.10. The number of Topliss-reactive ketones (excluding diaryl/α,β-unsaturated/α-hetero) is 1. The van der Waals surface area contributed by atoms with E-state index in [1.54, 1.807) is 29.9 Å². The SMILES string of the molecule is Cc1nc2ccnn2cc1C(=O)Nc1nc2c(s1)C(=O)CC(C)(C)C2. The van der Waals surface area contributed by atoms with Crippen molar-refractivity contribution in [2.75, 3.05) is 5.32 Å². The molecule has 4 rings (SSSR count). The van der Waals surface area contributed by atoms with E-state index in [-0.39, 0.29) is 17.1 Å². The van der Waals surface area contributed by atoms with Crippen LogP contribution in [0.4, 0.5) is 5.13 Å². The maximum Gasteiger partial charge on any atom is 0.260 e. The maximum atomic E-state index is 12.6. The number of carbonyl (C=O) groups is 2. The monoisotopic (exact) mass is 355 g/mol. The number of hydrogen-bond acceptors (Lipinski definition) is 6. The number of aryl methyl sites for hydroxylation is 1. The van der Waals surface area contributed by atoms with Crippen LogP contribution < -0.4 is 5.32 Å². The first-order valence-corrected chi connectivity index (χ1v) is 8.79. The summed E-state index contributed by atoms with van der Waals surface area (Å²) in [6, 6.07) is 1.77. The van der Waals surface area contributed by atoms with E-state index in [0.717, 1.165) is 12.1 Å². The van der Waals surface area contributed by atoms with Crippen LogP contribution in [-0.2, 0) is 6.42 Å². The summed E-state index contributed by atoms with van der Waals surface area (Å²) in [6.45, 7) is 5.89. The summed E-state index contributed by atoms with van der Waals surface area (Å²) in [5.41, 5.74) is 2.41. The van der Waals surface area contributed by atoms with Crippen LogP contribution >= 0.6 is 11.3 Å². The Labute approximate surface area is 148 Å². The molecule has 1 aliphatic rings. The number of thiazole rings is 1. The third kappa shape index (κ3) is 2.82. The summed E-state index contributed by atoms with van der Waals surface area (Å²) in [4.78, 5) is 34.4. The first-order chi connectivity index (χ1) is 11.8. The van der Waals surface area contributed by atoms with Gasteiger partial charge in [-0.3, -0.25) is 14.9 Å². The molecular formula is C17H17N5O2S. The van der Waals surface area contributed by atoms with Crippen LogP contribution in [-0.4, -0.2) is 31.3 Å². The molecule has 0 radical (unpaired) electrons. The van der Waals surface area contributed by atoms with E-state index in [2.05, 4.69) is 34.2 Å². The van der Waals surface area contributed by atoms with E-state index in [0.29, 0.717) is 33.3 Å². The Morgan fingerprint density at radius 1 is 1.32 bits per heavy atom. The number of carbonyl (C=O) groups excluding carboxylic acids is 2. The van der Waals surface area contributed by atoms with Gasteiger partial charge in [0.15, 0.2) is 16.6 Å². The Morgan fingerprint density at radius 2 is 2.12 bits per heavy atom. The molecule has 25 heavy (non-hydrogen) atoms. The van der Waals surface area contributed by atoms with Gasteiger partial charge in [0, 0.05) is 18.7 Å². The average Bonchev–Trinajstić information content (AvgIpc) is 3.11. The molecule has 0 spiro atoms. The number of nitrogens with one attached hydrogen (secondary N) is 1. The summed E-state index contributed by atoms with van der Waals surface area (Å²) < 4.78 is 1.56. The van der Waals surface area contributed by atoms with Gasteiger partial charge in [-0.05, 0) is 18.8 Å². The number of nitrogens with zero attached hydrogens (tertiary/aromatic N) is 4. The van der Waals surface area contributed by atoms with Crippen molar-refractivity contribution >= 4 is 33.8 Å². The number of rotatable bonds is 2. The normalized spacial score (nSPS) is 16.0. The van der Waals surface area contributed by atoms with Crippen molar-refractivity contribution in [3.05, 3.63) is 40.3 Å². The lowest BCUT2D eigenvalue weighted by molar-refractivity contribution is 0.0915. The highest BCUT2D eigenvalue weighted by molar-refractivity contribution is 7.17. The lowest BCUT2D eigenvalue weighted by atomic mass is 9.78. The Morgan fingerprint density at radius 3 is 2.92 bits per heavy atom. The van der Waals surface area contributed by atoms with Crippen molar-refractivity contribution in [3.8, 4) is 0 Å². The van der Waals surface area contributed by atoms with E-state index >= 15 is 0 Å². The third-order valence-corrected chi connectivity index (χ3v) is 5.33. The largest absolute Gasteiger partial charge is 0.298 e. The number of hydrogen-bond donors (Lipinski definition) is 1. The zero-order chi connectivity index (χ0) is 17.8. The minimum absolute atomic E-state index is 0.0922. The number of amides is 1. The molecule has 1 N–H and O–H groups in total. The van der Waals surface area contributed by atoms with Crippen molar-refractivity contribution in [2.24, 2.45) is 5.41 Å². The number of fused-ring (bicyclic) bond motifs is 2. The molecule has 3 aromatic heterocycles. The van der Waals surface area contributed by atoms with Gasteiger partial charge < -0.3 is 0 Å². The standard InChI is InChI=1S/C17H17N5O2S/c1-9-10(8-22-13(19-9)4-5-18-22)15(24)21-16-20-11-6-17(2,3)7-12(23)14(11)25-16/h4-5,8H,6-7H2,1-3H3,(H,20,21,24). The summed E-state index contributed by atoms with van der Waals surface area (Å²) >= 11 is 1.24. The zero-order valence-electron chi connectivity index (χ0n) is 14.2. The molecule has 1 amide bonds. The van der Waals surface area contributed by atoms with Crippen LogP contribution in [0.5, 0.6) is 0 Å². The Balaban J connectivity index is 1.63. The molecule has 8 heteroatoms. The highest BCUT2D eigenvalue weighted by Crippen LogP contribution is 2.38. The van der Waals surface area contributed by atoms with Crippen LogP contribution in [0.2, 0.25) is 0 Å². The Kier molecular flexibility index (Phi) is 3.47. The fraction of sp³-hybridized carbons (Fsp3) is 0.353. The van der Waals surface area contributed by atoms with E-state index in [1.807, 2.05) is 0 Å².